The molecule has 0 aromatic heterocycles. The first-order valence-electron chi connectivity index (χ1n) is 5.34. The molecule has 1 N–H and O–H groups in total. The van der Waals surface area contributed by atoms with E-state index < -0.39 is 17.2 Å². The molecule has 4 heteroatoms. The minimum atomic E-state index is -0.949. The van der Waals surface area contributed by atoms with Gasteiger partial charge in [-0.1, -0.05) is 20.8 Å². The van der Waals surface area contributed by atoms with Crippen molar-refractivity contribution in [1.29, 1.82) is 5.26 Å². The van der Waals surface area contributed by atoms with Crippen molar-refractivity contribution in [3.05, 3.63) is 0 Å². The molecule has 0 aromatic rings. The zero-order chi connectivity index (χ0) is 13.2. The molecule has 0 heterocycles. The van der Waals surface area contributed by atoms with Crippen LogP contribution in [0.1, 0.15) is 48.5 Å². The van der Waals surface area contributed by atoms with Crippen molar-refractivity contribution < 1.29 is 9.53 Å². The zero-order valence-corrected chi connectivity index (χ0v) is 11.3. The van der Waals surface area contributed by atoms with E-state index in [9.17, 15) is 4.79 Å². The maximum Gasteiger partial charge on any atom is 0.408 e. The first-order valence-corrected chi connectivity index (χ1v) is 5.34. The second-order valence-corrected chi connectivity index (χ2v) is 6.11. The first kappa shape index (κ1) is 14.8. The fourth-order valence-electron chi connectivity index (χ4n) is 0.891. The van der Waals surface area contributed by atoms with Crippen molar-refractivity contribution in [2.75, 3.05) is 0 Å². The van der Waals surface area contributed by atoms with E-state index in [0.717, 1.165) is 0 Å². The number of amides is 1. The van der Waals surface area contributed by atoms with E-state index in [1.165, 1.54) is 0 Å². The number of alkyl carbamates (subject to hydrolysis) is 1. The predicted octanol–water partition coefficient (Wildman–Crippen LogP) is 2.84. The third-order valence-corrected chi connectivity index (χ3v) is 2.47. The van der Waals surface area contributed by atoms with Gasteiger partial charge in [-0.3, -0.25) is 0 Å². The molecule has 0 saturated carbocycles. The van der Waals surface area contributed by atoms with E-state index in [1.807, 2.05) is 20.8 Å². The van der Waals surface area contributed by atoms with E-state index in [4.69, 9.17) is 10.00 Å². The summed E-state index contributed by atoms with van der Waals surface area (Å²) in [5.74, 6) is 0. The lowest BCUT2D eigenvalue weighted by Crippen LogP contribution is -2.54. The molecule has 0 aliphatic carbocycles. The quantitative estimate of drug-likeness (QED) is 0.747. The molecule has 0 rings (SSSR count). The number of nitrogens with one attached hydrogen (secondary N) is 1. The van der Waals surface area contributed by atoms with Crippen LogP contribution in [0.2, 0.25) is 0 Å². The van der Waals surface area contributed by atoms with Crippen LogP contribution in [0.25, 0.3) is 0 Å². The number of hydrogen-bond acceptors (Lipinski definition) is 3. The van der Waals surface area contributed by atoms with Crippen molar-refractivity contribution in [1.82, 2.24) is 5.32 Å². The highest BCUT2D eigenvalue weighted by molar-refractivity contribution is 5.69. The molecule has 1 atom stereocenters. The number of nitrogens with zero attached hydrogens (tertiary/aromatic N) is 1. The predicted molar refractivity (Wildman–Crippen MR) is 62.8 cm³/mol. The lowest BCUT2D eigenvalue weighted by Gasteiger charge is -2.36. The molecule has 0 aliphatic heterocycles. The molecule has 0 fully saturated rings. The van der Waals surface area contributed by atoms with Crippen LogP contribution in [0.4, 0.5) is 4.79 Å². The van der Waals surface area contributed by atoms with Crippen molar-refractivity contribution in [3.63, 3.8) is 0 Å². The first-order chi connectivity index (χ1) is 6.91. The van der Waals surface area contributed by atoms with Crippen LogP contribution >= 0.6 is 0 Å². The van der Waals surface area contributed by atoms with Gasteiger partial charge in [0.15, 0.2) is 0 Å². The Kier molecular flexibility index (Phi) is 3.99. The Labute approximate surface area is 98.0 Å². The molecular formula is C12H22N2O2. The van der Waals surface area contributed by atoms with Crippen molar-refractivity contribution in [2.45, 2.75) is 59.6 Å². The van der Waals surface area contributed by atoms with Gasteiger partial charge in [0.1, 0.15) is 11.1 Å². The standard InChI is InChI=1S/C12H22N2O2/c1-10(2,3)12(7,8-13)14-9(15)16-11(4,5)6/h1-7H3,(H,14,15). The number of carbonyl (C=O) groups is 1. The fourth-order valence-corrected chi connectivity index (χ4v) is 0.891. The second-order valence-electron chi connectivity index (χ2n) is 6.11. The molecule has 0 bridgehead atoms. The minimum Gasteiger partial charge on any atom is -0.444 e. The average Bonchev–Trinajstić information content (AvgIpc) is 1.97. The van der Waals surface area contributed by atoms with Crippen LogP contribution in [-0.4, -0.2) is 17.2 Å². The molecule has 92 valence electrons. The molecule has 0 spiro atoms. The monoisotopic (exact) mass is 226 g/mol. The Morgan fingerprint density at radius 1 is 1.12 bits per heavy atom. The smallest absolute Gasteiger partial charge is 0.408 e. The highest BCUT2D eigenvalue weighted by Crippen LogP contribution is 2.29. The molecule has 0 aromatic carbocycles. The van der Waals surface area contributed by atoms with Gasteiger partial charge in [-0.15, -0.1) is 0 Å². The third-order valence-electron chi connectivity index (χ3n) is 2.47. The van der Waals surface area contributed by atoms with Crippen LogP contribution in [0, 0.1) is 16.7 Å². The van der Waals surface area contributed by atoms with Crippen molar-refractivity contribution in [3.8, 4) is 6.07 Å². The van der Waals surface area contributed by atoms with Crippen LogP contribution < -0.4 is 5.32 Å². The van der Waals surface area contributed by atoms with Crippen LogP contribution in [0.15, 0.2) is 0 Å². The number of nitriles is 1. The summed E-state index contributed by atoms with van der Waals surface area (Å²) < 4.78 is 5.13. The molecule has 4 nitrogen and oxygen atoms in total. The average molecular weight is 226 g/mol. The number of carbonyl (C=O) groups excluding carboxylic acids is 1. The summed E-state index contributed by atoms with van der Waals surface area (Å²) in [5, 5.41) is 11.8. The van der Waals surface area contributed by atoms with Gasteiger partial charge in [0.05, 0.1) is 6.07 Å². The van der Waals surface area contributed by atoms with E-state index in [1.54, 1.807) is 27.7 Å². The van der Waals surface area contributed by atoms with Crippen LogP contribution in [-0.2, 0) is 4.74 Å². The summed E-state index contributed by atoms with van der Waals surface area (Å²) in [6.45, 7) is 12.7. The van der Waals surface area contributed by atoms with E-state index in [2.05, 4.69) is 11.4 Å². The Balaban J connectivity index is 4.72. The summed E-state index contributed by atoms with van der Waals surface area (Å²) in [6, 6.07) is 2.12. The largest absolute Gasteiger partial charge is 0.444 e. The minimum absolute atomic E-state index is 0.362. The molecule has 1 unspecified atom stereocenters. The van der Waals surface area contributed by atoms with Gasteiger partial charge < -0.3 is 10.1 Å². The van der Waals surface area contributed by atoms with E-state index in [-0.39, 0.29) is 5.41 Å². The summed E-state index contributed by atoms with van der Waals surface area (Å²) in [5.41, 5.74) is -1.87. The van der Waals surface area contributed by atoms with Gasteiger partial charge >= 0.3 is 6.09 Å². The van der Waals surface area contributed by atoms with Gasteiger partial charge in [0.25, 0.3) is 0 Å². The lowest BCUT2D eigenvalue weighted by molar-refractivity contribution is 0.0426. The van der Waals surface area contributed by atoms with Crippen molar-refractivity contribution in [2.24, 2.45) is 5.41 Å². The molecule has 16 heavy (non-hydrogen) atoms. The van der Waals surface area contributed by atoms with Gasteiger partial charge in [-0.2, -0.15) is 5.26 Å². The van der Waals surface area contributed by atoms with Gasteiger partial charge in [0, 0.05) is 0 Å². The molecule has 0 radical (unpaired) electrons. The fraction of sp³-hybridized carbons (Fsp3) is 0.833. The van der Waals surface area contributed by atoms with Gasteiger partial charge in [-0.25, -0.2) is 4.79 Å². The van der Waals surface area contributed by atoms with Crippen LogP contribution in [0.5, 0.6) is 0 Å². The van der Waals surface area contributed by atoms with E-state index in [0.29, 0.717) is 0 Å². The number of ether oxygens (including phenoxy) is 1. The SMILES string of the molecule is CC(C)(C)OC(=O)NC(C)(C#N)C(C)(C)C. The Morgan fingerprint density at radius 3 is 1.81 bits per heavy atom. The summed E-state index contributed by atoms with van der Waals surface area (Å²) >= 11 is 0. The molecule has 0 aliphatic rings. The zero-order valence-electron chi connectivity index (χ0n) is 11.3. The number of hydrogen-bond donors (Lipinski definition) is 1. The highest BCUT2D eigenvalue weighted by Gasteiger charge is 2.40. The summed E-state index contributed by atoms with van der Waals surface area (Å²) in [4.78, 5) is 11.6. The normalized spacial score (nSPS) is 15.9. The maximum atomic E-state index is 11.6. The topological polar surface area (TPSA) is 62.1 Å². The summed E-state index contributed by atoms with van der Waals surface area (Å²) in [6.07, 6.45) is -0.563. The highest BCUT2D eigenvalue weighted by atomic mass is 16.6. The van der Waals surface area contributed by atoms with Crippen LogP contribution in [0.3, 0.4) is 0 Å². The van der Waals surface area contributed by atoms with Gasteiger partial charge in [0.2, 0.25) is 0 Å². The third kappa shape index (κ3) is 4.09. The van der Waals surface area contributed by atoms with E-state index >= 15 is 0 Å². The maximum absolute atomic E-state index is 11.6. The Morgan fingerprint density at radius 2 is 1.56 bits per heavy atom. The lowest BCUT2D eigenvalue weighted by atomic mass is 9.76. The van der Waals surface area contributed by atoms with Gasteiger partial charge in [-0.05, 0) is 33.1 Å². The molecule has 1 amide bonds. The second kappa shape index (κ2) is 4.32. The Bertz CT molecular complexity index is 304. The molecule has 0 saturated heterocycles. The number of rotatable bonds is 1. The Hall–Kier alpha value is -1.24. The van der Waals surface area contributed by atoms with Crippen molar-refractivity contribution >= 4 is 6.09 Å². The summed E-state index contributed by atoms with van der Waals surface area (Å²) in [7, 11) is 0. The molecular weight excluding hydrogens is 204 g/mol.